The molecule has 1 aromatic heterocycles. The van der Waals surface area contributed by atoms with Gasteiger partial charge in [-0.05, 0) is 27.7 Å². The molecule has 0 N–H and O–H groups in total. The van der Waals surface area contributed by atoms with E-state index < -0.39 is 0 Å². The summed E-state index contributed by atoms with van der Waals surface area (Å²) in [6.07, 6.45) is 0. The molecular weight excluding hydrogens is 154 g/mol. The highest BCUT2D eigenvalue weighted by molar-refractivity contribution is 5.23. The fraction of sp³-hybridized carbons (Fsp3) is 0.667. The van der Waals surface area contributed by atoms with E-state index in [4.69, 9.17) is 9.26 Å². The molecule has 3 heteroatoms. The molecule has 0 radical (unpaired) electrons. The van der Waals surface area contributed by atoms with E-state index in [1.807, 2.05) is 27.7 Å². The SMILES string of the molecule is COC(C)(C)c1onc(C)c1C. The van der Waals surface area contributed by atoms with E-state index in [2.05, 4.69) is 5.16 Å². The Bertz CT molecular complexity index is 276. The third kappa shape index (κ3) is 1.37. The fourth-order valence-electron chi connectivity index (χ4n) is 1.07. The van der Waals surface area contributed by atoms with Crippen molar-refractivity contribution in [3.63, 3.8) is 0 Å². The number of aromatic nitrogens is 1. The second-order valence-corrected chi connectivity index (χ2v) is 3.44. The van der Waals surface area contributed by atoms with Gasteiger partial charge in [0.25, 0.3) is 0 Å². The Morgan fingerprint density at radius 1 is 1.33 bits per heavy atom. The van der Waals surface area contributed by atoms with E-state index in [-0.39, 0.29) is 5.60 Å². The maximum atomic E-state index is 5.28. The highest BCUT2D eigenvalue weighted by atomic mass is 16.5. The van der Waals surface area contributed by atoms with E-state index in [0.717, 1.165) is 17.0 Å². The minimum Gasteiger partial charge on any atom is -0.371 e. The molecule has 0 saturated heterocycles. The van der Waals surface area contributed by atoms with Gasteiger partial charge in [-0.1, -0.05) is 5.16 Å². The predicted molar refractivity (Wildman–Crippen MR) is 46.0 cm³/mol. The zero-order valence-corrected chi connectivity index (χ0v) is 8.26. The van der Waals surface area contributed by atoms with Crippen LogP contribution in [-0.2, 0) is 10.3 Å². The Balaban J connectivity index is 3.11. The molecule has 0 unspecified atom stereocenters. The molecule has 3 nitrogen and oxygen atoms in total. The summed E-state index contributed by atoms with van der Waals surface area (Å²) in [5.74, 6) is 0.808. The van der Waals surface area contributed by atoms with Crippen LogP contribution in [0, 0.1) is 13.8 Å². The second-order valence-electron chi connectivity index (χ2n) is 3.44. The molecular formula is C9H15NO2. The Kier molecular flexibility index (Phi) is 2.24. The molecule has 0 atom stereocenters. The summed E-state index contributed by atoms with van der Waals surface area (Å²) >= 11 is 0. The molecule has 0 saturated carbocycles. The number of methoxy groups -OCH3 is 1. The average molecular weight is 169 g/mol. The van der Waals surface area contributed by atoms with Gasteiger partial charge in [-0.2, -0.15) is 0 Å². The van der Waals surface area contributed by atoms with E-state index >= 15 is 0 Å². The van der Waals surface area contributed by atoms with E-state index in [1.54, 1.807) is 7.11 Å². The minimum absolute atomic E-state index is 0.384. The van der Waals surface area contributed by atoms with Gasteiger partial charge < -0.3 is 9.26 Å². The van der Waals surface area contributed by atoms with Gasteiger partial charge in [0.05, 0.1) is 5.69 Å². The largest absolute Gasteiger partial charge is 0.371 e. The first-order valence-corrected chi connectivity index (χ1v) is 3.97. The lowest BCUT2D eigenvalue weighted by Gasteiger charge is -2.19. The smallest absolute Gasteiger partial charge is 0.171 e. The van der Waals surface area contributed by atoms with Crippen molar-refractivity contribution < 1.29 is 9.26 Å². The lowest BCUT2D eigenvalue weighted by atomic mass is 10.0. The van der Waals surface area contributed by atoms with E-state index in [1.165, 1.54) is 0 Å². The van der Waals surface area contributed by atoms with Gasteiger partial charge in [-0.15, -0.1) is 0 Å². The molecule has 1 heterocycles. The summed E-state index contributed by atoms with van der Waals surface area (Å²) in [4.78, 5) is 0. The van der Waals surface area contributed by atoms with Crippen LogP contribution in [-0.4, -0.2) is 12.3 Å². The number of hydrogen-bond donors (Lipinski definition) is 0. The molecule has 0 spiro atoms. The van der Waals surface area contributed by atoms with Crippen LogP contribution < -0.4 is 0 Å². The van der Waals surface area contributed by atoms with Gasteiger partial charge in [0, 0.05) is 12.7 Å². The number of rotatable bonds is 2. The summed E-state index contributed by atoms with van der Waals surface area (Å²) < 4.78 is 10.5. The summed E-state index contributed by atoms with van der Waals surface area (Å²) in [6, 6.07) is 0. The summed E-state index contributed by atoms with van der Waals surface area (Å²) in [5, 5.41) is 3.88. The third-order valence-corrected chi connectivity index (χ3v) is 2.21. The van der Waals surface area contributed by atoms with E-state index in [0.29, 0.717) is 0 Å². The summed E-state index contributed by atoms with van der Waals surface area (Å²) in [6.45, 7) is 7.83. The van der Waals surface area contributed by atoms with Crippen molar-refractivity contribution in [3.05, 3.63) is 17.0 Å². The molecule has 0 aliphatic heterocycles. The minimum atomic E-state index is -0.384. The molecule has 0 amide bonds. The van der Waals surface area contributed by atoms with Crippen LogP contribution in [0.1, 0.15) is 30.9 Å². The number of hydrogen-bond acceptors (Lipinski definition) is 3. The number of aryl methyl sites for hydroxylation is 1. The van der Waals surface area contributed by atoms with E-state index in [9.17, 15) is 0 Å². The second kappa shape index (κ2) is 2.90. The molecule has 0 aliphatic carbocycles. The van der Waals surface area contributed by atoms with Crippen LogP contribution in [0.3, 0.4) is 0 Å². The molecule has 1 aromatic rings. The average Bonchev–Trinajstić information content (AvgIpc) is 2.33. The van der Waals surface area contributed by atoms with Crippen LogP contribution >= 0.6 is 0 Å². The Hall–Kier alpha value is -0.830. The molecule has 68 valence electrons. The normalized spacial score (nSPS) is 12.1. The van der Waals surface area contributed by atoms with Crippen molar-refractivity contribution in [2.24, 2.45) is 0 Å². The molecule has 0 fully saturated rings. The lowest BCUT2D eigenvalue weighted by molar-refractivity contribution is -0.00409. The van der Waals surface area contributed by atoms with Crippen molar-refractivity contribution in [2.75, 3.05) is 7.11 Å². The molecule has 0 bridgehead atoms. The Morgan fingerprint density at radius 2 is 1.92 bits per heavy atom. The first-order chi connectivity index (χ1) is 5.49. The van der Waals surface area contributed by atoms with Gasteiger partial charge >= 0.3 is 0 Å². The number of nitrogens with zero attached hydrogens (tertiary/aromatic N) is 1. The van der Waals surface area contributed by atoms with Crippen LogP contribution in [0.25, 0.3) is 0 Å². The zero-order chi connectivity index (χ0) is 9.35. The van der Waals surface area contributed by atoms with Crippen molar-refractivity contribution >= 4 is 0 Å². The van der Waals surface area contributed by atoms with Crippen molar-refractivity contribution in [3.8, 4) is 0 Å². The van der Waals surface area contributed by atoms with Crippen LogP contribution in [0.5, 0.6) is 0 Å². The topological polar surface area (TPSA) is 35.3 Å². The maximum Gasteiger partial charge on any atom is 0.171 e. The quantitative estimate of drug-likeness (QED) is 0.680. The van der Waals surface area contributed by atoms with Crippen molar-refractivity contribution in [1.82, 2.24) is 5.16 Å². The maximum absolute atomic E-state index is 5.28. The van der Waals surface area contributed by atoms with Crippen LogP contribution in [0.15, 0.2) is 4.52 Å². The third-order valence-electron chi connectivity index (χ3n) is 2.21. The first kappa shape index (κ1) is 9.26. The highest BCUT2D eigenvalue weighted by Crippen LogP contribution is 2.27. The standard InChI is InChI=1S/C9H15NO2/c1-6-7(2)10-12-8(6)9(3,4)11-5/h1-5H3. The molecule has 12 heavy (non-hydrogen) atoms. The van der Waals surface area contributed by atoms with Gasteiger partial charge in [-0.25, -0.2) is 0 Å². The predicted octanol–water partition coefficient (Wildman–Crippen LogP) is 2.17. The molecule has 1 rings (SSSR count). The highest BCUT2D eigenvalue weighted by Gasteiger charge is 2.27. The van der Waals surface area contributed by atoms with Crippen molar-refractivity contribution in [2.45, 2.75) is 33.3 Å². The Morgan fingerprint density at radius 3 is 2.25 bits per heavy atom. The fourth-order valence-corrected chi connectivity index (χ4v) is 1.07. The van der Waals surface area contributed by atoms with Gasteiger partial charge in [0.2, 0.25) is 0 Å². The van der Waals surface area contributed by atoms with Gasteiger partial charge in [0.15, 0.2) is 5.76 Å². The monoisotopic (exact) mass is 169 g/mol. The molecule has 0 aromatic carbocycles. The first-order valence-electron chi connectivity index (χ1n) is 3.97. The van der Waals surface area contributed by atoms with Gasteiger partial charge in [-0.3, -0.25) is 0 Å². The Labute approximate surface area is 72.7 Å². The van der Waals surface area contributed by atoms with Gasteiger partial charge in [0.1, 0.15) is 5.60 Å². The van der Waals surface area contributed by atoms with Crippen LogP contribution in [0.2, 0.25) is 0 Å². The molecule has 0 aliphatic rings. The van der Waals surface area contributed by atoms with Crippen molar-refractivity contribution in [1.29, 1.82) is 0 Å². The summed E-state index contributed by atoms with van der Waals surface area (Å²) in [7, 11) is 1.66. The summed E-state index contributed by atoms with van der Waals surface area (Å²) in [5.41, 5.74) is 1.61. The van der Waals surface area contributed by atoms with Crippen LogP contribution in [0.4, 0.5) is 0 Å². The number of ether oxygens (including phenoxy) is 1. The zero-order valence-electron chi connectivity index (χ0n) is 8.26. The lowest BCUT2D eigenvalue weighted by Crippen LogP contribution is -2.19.